The zero-order valence-electron chi connectivity index (χ0n) is 11.0. The highest BCUT2D eigenvalue weighted by Crippen LogP contribution is 2.25. The Balaban J connectivity index is 2.05. The molecule has 1 fully saturated rings. The minimum absolute atomic E-state index is 0.169. The van der Waals surface area contributed by atoms with E-state index in [-0.39, 0.29) is 5.41 Å². The van der Waals surface area contributed by atoms with Gasteiger partial charge in [0.2, 0.25) is 0 Å². The third-order valence-corrected chi connectivity index (χ3v) is 3.01. The smallest absolute Gasteiger partial charge is 0.147 e. The van der Waals surface area contributed by atoms with Crippen LogP contribution in [0.1, 0.15) is 26.3 Å². The van der Waals surface area contributed by atoms with Crippen molar-refractivity contribution in [1.82, 2.24) is 10.4 Å². The molecule has 0 spiro atoms. The van der Waals surface area contributed by atoms with Crippen molar-refractivity contribution < 1.29 is 4.84 Å². The average molecular weight is 234 g/mol. The summed E-state index contributed by atoms with van der Waals surface area (Å²) in [5.41, 5.74) is 1.48. The highest BCUT2D eigenvalue weighted by molar-refractivity contribution is 5.32. The molecule has 1 saturated heterocycles. The number of hydrogen-bond acceptors (Lipinski definition) is 3. The molecule has 3 heteroatoms. The summed E-state index contributed by atoms with van der Waals surface area (Å²) in [6, 6.07) is 8.39. The molecule has 2 rings (SSSR count). The van der Waals surface area contributed by atoms with Crippen molar-refractivity contribution in [3.63, 3.8) is 0 Å². The molecule has 1 N–H and O–H groups in total. The summed E-state index contributed by atoms with van der Waals surface area (Å²) >= 11 is 0. The highest BCUT2D eigenvalue weighted by Gasteiger charge is 2.15. The standard InChI is InChI=1S/C14H22N2O/c1-14(2,3)12-5-4-6-13(11-12)17-16-9-7-15-8-10-16/h4-6,11,15H,7-10H2,1-3H3. The lowest BCUT2D eigenvalue weighted by Gasteiger charge is -2.27. The number of hydroxylamine groups is 2. The molecule has 1 aliphatic heterocycles. The first kappa shape index (κ1) is 12.4. The van der Waals surface area contributed by atoms with Gasteiger partial charge in [-0.25, -0.2) is 0 Å². The first-order valence-corrected chi connectivity index (χ1v) is 6.30. The Morgan fingerprint density at radius 2 is 1.88 bits per heavy atom. The first-order valence-electron chi connectivity index (χ1n) is 6.30. The predicted octanol–water partition coefficient (Wildman–Crippen LogP) is 2.18. The molecule has 0 unspecified atom stereocenters. The molecule has 0 atom stereocenters. The second-order valence-corrected chi connectivity index (χ2v) is 5.55. The second-order valence-electron chi connectivity index (χ2n) is 5.55. The van der Waals surface area contributed by atoms with Gasteiger partial charge in [-0.1, -0.05) is 32.9 Å². The van der Waals surface area contributed by atoms with E-state index < -0.39 is 0 Å². The molecule has 0 aromatic heterocycles. The summed E-state index contributed by atoms with van der Waals surface area (Å²) in [6.07, 6.45) is 0. The molecule has 1 heterocycles. The molecule has 1 aromatic rings. The fourth-order valence-corrected chi connectivity index (χ4v) is 1.90. The van der Waals surface area contributed by atoms with Crippen molar-refractivity contribution in [2.75, 3.05) is 26.2 Å². The van der Waals surface area contributed by atoms with Crippen LogP contribution in [0.25, 0.3) is 0 Å². The third kappa shape index (κ3) is 3.45. The first-order chi connectivity index (χ1) is 8.05. The quantitative estimate of drug-likeness (QED) is 0.849. The SMILES string of the molecule is CC(C)(C)c1cccc(ON2CCNCC2)c1. The predicted molar refractivity (Wildman–Crippen MR) is 70.2 cm³/mol. The summed E-state index contributed by atoms with van der Waals surface area (Å²) in [5.74, 6) is 0.944. The molecule has 0 saturated carbocycles. The van der Waals surface area contributed by atoms with Crippen molar-refractivity contribution in [1.29, 1.82) is 0 Å². The van der Waals surface area contributed by atoms with E-state index in [1.807, 2.05) is 11.1 Å². The Bertz CT molecular complexity index is 365. The molecule has 0 radical (unpaired) electrons. The van der Waals surface area contributed by atoms with Crippen LogP contribution in [-0.2, 0) is 5.41 Å². The zero-order chi connectivity index (χ0) is 12.3. The average Bonchev–Trinajstić information content (AvgIpc) is 2.29. The van der Waals surface area contributed by atoms with Crippen molar-refractivity contribution >= 4 is 0 Å². The van der Waals surface area contributed by atoms with Gasteiger partial charge >= 0.3 is 0 Å². The Morgan fingerprint density at radius 3 is 2.53 bits per heavy atom. The van der Waals surface area contributed by atoms with Crippen LogP contribution >= 0.6 is 0 Å². The highest BCUT2D eigenvalue weighted by atomic mass is 16.7. The Kier molecular flexibility index (Phi) is 3.69. The van der Waals surface area contributed by atoms with Crippen LogP contribution in [0.15, 0.2) is 24.3 Å². The maximum atomic E-state index is 5.88. The number of benzene rings is 1. The van der Waals surface area contributed by atoms with Gasteiger partial charge in [-0.3, -0.25) is 0 Å². The molecule has 1 aliphatic rings. The summed E-state index contributed by atoms with van der Waals surface area (Å²) < 4.78 is 0. The minimum atomic E-state index is 0.169. The topological polar surface area (TPSA) is 24.5 Å². The molecule has 1 aromatic carbocycles. The van der Waals surface area contributed by atoms with Crippen molar-refractivity contribution in [2.24, 2.45) is 0 Å². The van der Waals surface area contributed by atoms with Gasteiger partial charge in [-0.15, -0.1) is 5.06 Å². The van der Waals surface area contributed by atoms with E-state index in [0.29, 0.717) is 0 Å². The van der Waals surface area contributed by atoms with Gasteiger partial charge in [0.1, 0.15) is 5.75 Å². The van der Waals surface area contributed by atoms with E-state index in [2.05, 4.69) is 44.3 Å². The molecular formula is C14H22N2O. The fourth-order valence-electron chi connectivity index (χ4n) is 1.90. The van der Waals surface area contributed by atoms with E-state index in [1.165, 1.54) is 5.56 Å². The van der Waals surface area contributed by atoms with Gasteiger partial charge in [0, 0.05) is 26.2 Å². The van der Waals surface area contributed by atoms with Gasteiger partial charge < -0.3 is 10.2 Å². The van der Waals surface area contributed by atoms with Gasteiger partial charge in [0.05, 0.1) is 0 Å². The number of nitrogens with one attached hydrogen (secondary N) is 1. The molecular weight excluding hydrogens is 212 g/mol. The number of hydrogen-bond donors (Lipinski definition) is 1. The maximum absolute atomic E-state index is 5.88. The van der Waals surface area contributed by atoms with Crippen LogP contribution in [0.5, 0.6) is 5.75 Å². The zero-order valence-corrected chi connectivity index (χ0v) is 11.0. The molecule has 0 bridgehead atoms. The lowest BCUT2D eigenvalue weighted by Crippen LogP contribution is -2.45. The van der Waals surface area contributed by atoms with Crippen LogP contribution in [0.4, 0.5) is 0 Å². The van der Waals surface area contributed by atoms with Crippen molar-refractivity contribution in [3.8, 4) is 5.75 Å². The summed E-state index contributed by atoms with van der Waals surface area (Å²) in [7, 11) is 0. The van der Waals surface area contributed by atoms with Crippen LogP contribution in [-0.4, -0.2) is 31.2 Å². The monoisotopic (exact) mass is 234 g/mol. The normalized spacial score (nSPS) is 18.1. The van der Waals surface area contributed by atoms with Crippen molar-refractivity contribution in [3.05, 3.63) is 29.8 Å². The van der Waals surface area contributed by atoms with Gasteiger partial charge in [-0.05, 0) is 23.1 Å². The molecule has 3 nitrogen and oxygen atoms in total. The van der Waals surface area contributed by atoms with Gasteiger partial charge in [0.25, 0.3) is 0 Å². The lowest BCUT2D eigenvalue weighted by atomic mass is 9.87. The fraction of sp³-hybridized carbons (Fsp3) is 0.571. The number of rotatable bonds is 2. The molecule has 94 valence electrons. The molecule has 17 heavy (non-hydrogen) atoms. The summed E-state index contributed by atoms with van der Waals surface area (Å²) in [5, 5.41) is 5.34. The van der Waals surface area contributed by atoms with E-state index in [0.717, 1.165) is 31.9 Å². The Morgan fingerprint density at radius 1 is 1.18 bits per heavy atom. The van der Waals surface area contributed by atoms with Crippen LogP contribution in [0, 0.1) is 0 Å². The Hall–Kier alpha value is -1.06. The second kappa shape index (κ2) is 5.07. The lowest BCUT2D eigenvalue weighted by molar-refractivity contribution is -0.0665. The number of piperazine rings is 1. The summed E-state index contributed by atoms with van der Waals surface area (Å²) in [6.45, 7) is 10.5. The third-order valence-electron chi connectivity index (χ3n) is 3.01. The minimum Gasteiger partial charge on any atom is -0.406 e. The van der Waals surface area contributed by atoms with Crippen LogP contribution < -0.4 is 10.2 Å². The van der Waals surface area contributed by atoms with Crippen molar-refractivity contribution in [2.45, 2.75) is 26.2 Å². The van der Waals surface area contributed by atoms with Crippen LogP contribution in [0.3, 0.4) is 0 Å². The van der Waals surface area contributed by atoms with Crippen LogP contribution in [0.2, 0.25) is 0 Å². The molecule has 0 aliphatic carbocycles. The Labute approximate surface area is 104 Å². The largest absolute Gasteiger partial charge is 0.406 e. The van der Waals surface area contributed by atoms with E-state index in [4.69, 9.17) is 4.84 Å². The van der Waals surface area contributed by atoms with Gasteiger partial charge in [0.15, 0.2) is 0 Å². The van der Waals surface area contributed by atoms with Gasteiger partial charge in [-0.2, -0.15) is 0 Å². The van der Waals surface area contributed by atoms with E-state index >= 15 is 0 Å². The summed E-state index contributed by atoms with van der Waals surface area (Å²) in [4.78, 5) is 5.88. The maximum Gasteiger partial charge on any atom is 0.147 e. The number of nitrogens with zero attached hydrogens (tertiary/aromatic N) is 1. The van der Waals surface area contributed by atoms with E-state index in [1.54, 1.807) is 0 Å². The molecule has 0 amide bonds. The van der Waals surface area contributed by atoms with E-state index in [9.17, 15) is 0 Å².